The van der Waals surface area contributed by atoms with Crippen molar-refractivity contribution in [1.82, 2.24) is 30.0 Å². The third-order valence-electron chi connectivity index (χ3n) is 3.08. The van der Waals surface area contributed by atoms with Crippen LogP contribution in [0.15, 0.2) is 17.4 Å². The van der Waals surface area contributed by atoms with Crippen LogP contribution in [0.1, 0.15) is 23.7 Å². The number of H-pyrrole nitrogens is 1. The average Bonchev–Trinajstić information content (AvgIpc) is 3.01. The fourth-order valence-electron chi connectivity index (χ4n) is 1.98. The predicted octanol–water partition coefficient (Wildman–Crippen LogP) is 0.0396. The van der Waals surface area contributed by atoms with Crippen molar-refractivity contribution in [3.05, 3.63) is 29.2 Å². The van der Waals surface area contributed by atoms with Gasteiger partial charge >= 0.3 is 0 Å². The quantitative estimate of drug-likeness (QED) is 0.669. The van der Waals surface area contributed by atoms with Crippen molar-refractivity contribution in [2.75, 3.05) is 6.54 Å². The van der Waals surface area contributed by atoms with Gasteiger partial charge in [-0.1, -0.05) is 6.92 Å². The van der Waals surface area contributed by atoms with Crippen LogP contribution < -0.4 is 10.0 Å². The molecule has 0 amide bonds. The molecular weight excluding hydrogens is 292 g/mol. The summed E-state index contributed by atoms with van der Waals surface area (Å²) in [6.07, 6.45) is 3.32. The summed E-state index contributed by atoms with van der Waals surface area (Å²) in [4.78, 5) is 0. The van der Waals surface area contributed by atoms with E-state index in [0.29, 0.717) is 12.1 Å². The number of aromatic nitrogens is 4. The molecule has 0 spiro atoms. The van der Waals surface area contributed by atoms with Gasteiger partial charge in [0.2, 0.25) is 0 Å². The monoisotopic (exact) mass is 312 g/mol. The van der Waals surface area contributed by atoms with Crippen LogP contribution in [-0.4, -0.2) is 34.9 Å². The molecule has 2 heterocycles. The van der Waals surface area contributed by atoms with Crippen molar-refractivity contribution >= 4 is 10.0 Å². The SMILES string of the molecule is CCNCc1cn[nH]c1S(=O)(=O)NCc1cn(C)nc1C. The Morgan fingerprint density at radius 3 is 2.71 bits per heavy atom. The molecule has 0 aliphatic carbocycles. The molecule has 0 saturated carbocycles. The minimum atomic E-state index is -3.63. The van der Waals surface area contributed by atoms with E-state index in [9.17, 15) is 8.42 Å². The van der Waals surface area contributed by atoms with Crippen molar-refractivity contribution in [2.45, 2.75) is 32.0 Å². The van der Waals surface area contributed by atoms with Crippen LogP contribution in [0.25, 0.3) is 0 Å². The fraction of sp³-hybridized carbons (Fsp3) is 0.500. The Morgan fingerprint density at radius 2 is 2.10 bits per heavy atom. The van der Waals surface area contributed by atoms with Crippen LogP contribution in [0.4, 0.5) is 0 Å². The van der Waals surface area contributed by atoms with Gasteiger partial charge in [0.25, 0.3) is 10.0 Å². The lowest BCUT2D eigenvalue weighted by atomic mass is 10.3. The summed E-state index contributed by atoms with van der Waals surface area (Å²) in [5.41, 5.74) is 2.26. The maximum Gasteiger partial charge on any atom is 0.258 e. The molecule has 0 radical (unpaired) electrons. The highest BCUT2D eigenvalue weighted by molar-refractivity contribution is 7.89. The third-order valence-corrected chi connectivity index (χ3v) is 4.50. The second-order valence-electron chi connectivity index (χ2n) is 4.74. The molecule has 0 fully saturated rings. The van der Waals surface area contributed by atoms with Gasteiger partial charge in [-0.25, -0.2) is 13.1 Å². The molecule has 0 unspecified atom stereocenters. The smallest absolute Gasteiger partial charge is 0.258 e. The number of hydrogen-bond donors (Lipinski definition) is 3. The van der Waals surface area contributed by atoms with Crippen molar-refractivity contribution in [3.63, 3.8) is 0 Å². The van der Waals surface area contributed by atoms with Crippen molar-refractivity contribution in [3.8, 4) is 0 Å². The minimum Gasteiger partial charge on any atom is -0.313 e. The lowest BCUT2D eigenvalue weighted by Gasteiger charge is -2.07. The summed E-state index contributed by atoms with van der Waals surface area (Å²) in [7, 11) is -1.83. The van der Waals surface area contributed by atoms with Gasteiger partial charge < -0.3 is 5.32 Å². The van der Waals surface area contributed by atoms with E-state index in [0.717, 1.165) is 17.8 Å². The van der Waals surface area contributed by atoms with Crippen LogP contribution in [0.2, 0.25) is 0 Å². The van der Waals surface area contributed by atoms with E-state index in [-0.39, 0.29) is 11.6 Å². The van der Waals surface area contributed by atoms with Crippen LogP contribution >= 0.6 is 0 Å². The Bertz CT molecular complexity index is 703. The second kappa shape index (κ2) is 6.37. The number of aryl methyl sites for hydroxylation is 2. The average molecular weight is 312 g/mol. The summed E-state index contributed by atoms with van der Waals surface area (Å²) in [6.45, 7) is 5.21. The van der Waals surface area contributed by atoms with E-state index < -0.39 is 10.0 Å². The van der Waals surface area contributed by atoms with Crippen LogP contribution in [0.3, 0.4) is 0 Å². The molecule has 3 N–H and O–H groups in total. The van der Waals surface area contributed by atoms with Gasteiger partial charge in [0.15, 0.2) is 5.03 Å². The Morgan fingerprint density at radius 1 is 1.33 bits per heavy atom. The number of nitrogens with one attached hydrogen (secondary N) is 3. The number of rotatable bonds is 7. The molecule has 0 bridgehead atoms. The molecule has 21 heavy (non-hydrogen) atoms. The second-order valence-corrected chi connectivity index (χ2v) is 6.45. The highest BCUT2D eigenvalue weighted by Crippen LogP contribution is 2.13. The number of hydrogen-bond acceptors (Lipinski definition) is 5. The van der Waals surface area contributed by atoms with Crippen molar-refractivity contribution in [2.24, 2.45) is 7.05 Å². The minimum absolute atomic E-state index is 0.102. The zero-order valence-electron chi connectivity index (χ0n) is 12.3. The lowest BCUT2D eigenvalue weighted by molar-refractivity contribution is 0.574. The fourth-order valence-corrected chi connectivity index (χ4v) is 3.12. The maximum atomic E-state index is 12.3. The lowest BCUT2D eigenvalue weighted by Crippen LogP contribution is -2.25. The van der Waals surface area contributed by atoms with Crippen LogP contribution in [-0.2, 0) is 30.2 Å². The van der Waals surface area contributed by atoms with Gasteiger partial charge in [-0.3, -0.25) is 9.78 Å². The molecule has 2 rings (SSSR count). The Labute approximate surface area is 124 Å². The summed E-state index contributed by atoms with van der Waals surface area (Å²) in [5, 5.41) is 13.7. The number of sulfonamides is 1. The standard InChI is InChI=1S/C12H20N6O2S/c1-4-13-5-10-6-14-16-12(10)21(19,20)15-7-11-8-18(3)17-9(11)2/h6,8,13,15H,4-5,7H2,1-3H3,(H,14,16). The molecule has 0 aliphatic rings. The Balaban J connectivity index is 2.11. The zero-order chi connectivity index (χ0) is 15.5. The predicted molar refractivity (Wildman–Crippen MR) is 77.9 cm³/mol. The summed E-state index contributed by atoms with van der Waals surface area (Å²) < 4.78 is 28.9. The van der Waals surface area contributed by atoms with E-state index in [4.69, 9.17) is 0 Å². The highest BCUT2D eigenvalue weighted by atomic mass is 32.2. The first-order valence-electron chi connectivity index (χ1n) is 6.65. The van der Waals surface area contributed by atoms with Crippen molar-refractivity contribution < 1.29 is 8.42 Å². The molecule has 8 nitrogen and oxygen atoms in total. The van der Waals surface area contributed by atoms with Gasteiger partial charge in [-0.2, -0.15) is 10.2 Å². The topological polar surface area (TPSA) is 105 Å². The van der Waals surface area contributed by atoms with Gasteiger partial charge in [0.1, 0.15) is 0 Å². The normalized spacial score (nSPS) is 12.0. The van der Waals surface area contributed by atoms with Gasteiger partial charge in [0, 0.05) is 37.5 Å². The van der Waals surface area contributed by atoms with E-state index in [1.807, 2.05) is 13.8 Å². The molecular formula is C12H20N6O2S. The molecule has 2 aromatic heterocycles. The van der Waals surface area contributed by atoms with E-state index >= 15 is 0 Å². The maximum absolute atomic E-state index is 12.3. The van der Waals surface area contributed by atoms with Crippen LogP contribution in [0, 0.1) is 6.92 Å². The van der Waals surface area contributed by atoms with E-state index in [1.165, 1.54) is 6.20 Å². The molecule has 9 heteroatoms. The van der Waals surface area contributed by atoms with Gasteiger partial charge in [-0.15, -0.1) is 0 Å². The first-order chi connectivity index (χ1) is 9.94. The largest absolute Gasteiger partial charge is 0.313 e. The van der Waals surface area contributed by atoms with E-state index in [2.05, 4.69) is 25.3 Å². The Kier molecular flexibility index (Phi) is 4.76. The van der Waals surface area contributed by atoms with Gasteiger partial charge in [-0.05, 0) is 13.5 Å². The first-order valence-corrected chi connectivity index (χ1v) is 8.14. The molecule has 2 aromatic rings. The summed E-state index contributed by atoms with van der Waals surface area (Å²) >= 11 is 0. The Hall–Kier alpha value is -1.71. The molecule has 116 valence electrons. The molecule has 0 atom stereocenters. The van der Waals surface area contributed by atoms with E-state index in [1.54, 1.807) is 17.9 Å². The third kappa shape index (κ3) is 3.69. The first kappa shape index (κ1) is 15.7. The summed E-state index contributed by atoms with van der Waals surface area (Å²) in [5.74, 6) is 0. The highest BCUT2D eigenvalue weighted by Gasteiger charge is 2.20. The number of aromatic amines is 1. The molecule has 0 aromatic carbocycles. The van der Waals surface area contributed by atoms with Gasteiger partial charge in [0.05, 0.1) is 11.9 Å². The molecule has 0 saturated heterocycles. The van der Waals surface area contributed by atoms with Crippen LogP contribution in [0.5, 0.6) is 0 Å². The number of nitrogens with zero attached hydrogens (tertiary/aromatic N) is 3. The molecule has 0 aliphatic heterocycles. The zero-order valence-corrected chi connectivity index (χ0v) is 13.2. The summed E-state index contributed by atoms with van der Waals surface area (Å²) in [6, 6.07) is 0. The van der Waals surface area contributed by atoms with Crippen molar-refractivity contribution in [1.29, 1.82) is 0 Å².